The summed E-state index contributed by atoms with van der Waals surface area (Å²) in [6.45, 7) is 2.54. The maximum atomic E-state index is 13.5. The fraction of sp³-hybridized carbons (Fsp3) is 0.500. The molecule has 1 unspecified atom stereocenters. The van der Waals surface area contributed by atoms with Crippen LogP contribution in [0.5, 0.6) is 0 Å². The number of amides is 1. The van der Waals surface area contributed by atoms with Gasteiger partial charge in [-0.15, -0.1) is 0 Å². The smallest absolute Gasteiger partial charge is 0.227 e. The third-order valence-corrected chi connectivity index (χ3v) is 3.56. The third-order valence-electron chi connectivity index (χ3n) is 3.56. The van der Waals surface area contributed by atoms with Gasteiger partial charge >= 0.3 is 0 Å². The number of nitrogens with zero attached hydrogens (tertiary/aromatic N) is 1. The minimum Gasteiger partial charge on any atom is -0.340 e. The van der Waals surface area contributed by atoms with Gasteiger partial charge in [0.2, 0.25) is 5.91 Å². The molecule has 5 heteroatoms. The lowest BCUT2D eigenvalue weighted by atomic mass is 10.0. The molecular weight excluding hydrogens is 255 g/mol. The van der Waals surface area contributed by atoms with Crippen LogP contribution in [0.1, 0.15) is 31.7 Å². The van der Waals surface area contributed by atoms with Gasteiger partial charge in [0.15, 0.2) is 0 Å². The molecule has 2 nitrogen and oxygen atoms in total. The maximum Gasteiger partial charge on any atom is 0.227 e. The Balaban J connectivity index is 2.14. The average molecular weight is 271 g/mol. The molecule has 104 valence electrons. The fourth-order valence-corrected chi connectivity index (χ4v) is 2.46. The van der Waals surface area contributed by atoms with Gasteiger partial charge in [0.1, 0.15) is 17.5 Å². The molecule has 1 atom stereocenters. The molecule has 0 bridgehead atoms. The highest BCUT2D eigenvalue weighted by Crippen LogP contribution is 2.20. The van der Waals surface area contributed by atoms with Gasteiger partial charge in [0, 0.05) is 30.3 Å². The lowest BCUT2D eigenvalue weighted by Gasteiger charge is -2.33. The van der Waals surface area contributed by atoms with Crippen LogP contribution < -0.4 is 0 Å². The normalized spacial score (nSPS) is 19.6. The van der Waals surface area contributed by atoms with E-state index in [0.717, 1.165) is 19.3 Å². The van der Waals surface area contributed by atoms with Crippen LogP contribution in [0.15, 0.2) is 12.1 Å². The predicted molar refractivity (Wildman–Crippen MR) is 65.0 cm³/mol. The van der Waals surface area contributed by atoms with Gasteiger partial charge in [-0.2, -0.15) is 0 Å². The second-order valence-corrected chi connectivity index (χ2v) is 4.96. The highest BCUT2D eigenvalue weighted by Gasteiger charge is 2.25. The zero-order valence-corrected chi connectivity index (χ0v) is 10.8. The van der Waals surface area contributed by atoms with Crippen molar-refractivity contribution in [2.45, 2.75) is 38.6 Å². The van der Waals surface area contributed by atoms with E-state index >= 15 is 0 Å². The van der Waals surface area contributed by atoms with E-state index in [1.165, 1.54) is 0 Å². The van der Waals surface area contributed by atoms with Crippen LogP contribution in [0.3, 0.4) is 0 Å². The number of benzene rings is 1. The van der Waals surface area contributed by atoms with Gasteiger partial charge in [-0.25, -0.2) is 13.2 Å². The summed E-state index contributed by atoms with van der Waals surface area (Å²) >= 11 is 0. The van der Waals surface area contributed by atoms with Gasteiger partial charge in [-0.05, 0) is 26.2 Å². The molecule has 1 aromatic carbocycles. The summed E-state index contributed by atoms with van der Waals surface area (Å²) in [6, 6.07) is 1.30. The van der Waals surface area contributed by atoms with Crippen LogP contribution in [0, 0.1) is 17.5 Å². The van der Waals surface area contributed by atoms with Gasteiger partial charge in [-0.1, -0.05) is 0 Å². The topological polar surface area (TPSA) is 20.3 Å². The number of rotatable bonds is 2. The SMILES string of the molecule is CC1CCCCN1C(=O)Cc1c(F)cc(F)cc1F. The number of halogens is 3. The van der Waals surface area contributed by atoms with E-state index in [1.807, 2.05) is 6.92 Å². The Labute approximate surface area is 110 Å². The highest BCUT2D eigenvalue weighted by atomic mass is 19.1. The molecule has 0 spiro atoms. The van der Waals surface area contributed by atoms with E-state index in [0.29, 0.717) is 18.7 Å². The van der Waals surface area contributed by atoms with Crippen LogP contribution >= 0.6 is 0 Å². The van der Waals surface area contributed by atoms with Gasteiger partial charge in [0.25, 0.3) is 0 Å². The van der Waals surface area contributed by atoms with E-state index < -0.39 is 17.5 Å². The van der Waals surface area contributed by atoms with Gasteiger partial charge in [-0.3, -0.25) is 4.79 Å². The zero-order chi connectivity index (χ0) is 14.0. The first-order valence-corrected chi connectivity index (χ1v) is 6.42. The van der Waals surface area contributed by atoms with Gasteiger partial charge < -0.3 is 4.90 Å². The molecule has 2 rings (SSSR count). The Morgan fingerprint density at radius 1 is 1.26 bits per heavy atom. The molecule has 0 aliphatic carbocycles. The lowest BCUT2D eigenvalue weighted by molar-refractivity contribution is -0.133. The van der Waals surface area contributed by atoms with Crippen molar-refractivity contribution in [1.29, 1.82) is 0 Å². The Morgan fingerprint density at radius 3 is 2.47 bits per heavy atom. The molecule has 1 saturated heterocycles. The fourth-order valence-electron chi connectivity index (χ4n) is 2.46. The summed E-state index contributed by atoms with van der Waals surface area (Å²) in [4.78, 5) is 13.7. The molecule has 0 radical (unpaired) electrons. The molecule has 0 N–H and O–H groups in total. The van der Waals surface area contributed by atoms with E-state index in [9.17, 15) is 18.0 Å². The number of hydrogen-bond donors (Lipinski definition) is 0. The first kappa shape index (κ1) is 13.9. The van der Waals surface area contributed by atoms with E-state index in [1.54, 1.807) is 4.90 Å². The molecule has 1 heterocycles. The molecular formula is C14H16F3NO. The minimum absolute atomic E-state index is 0.0906. The maximum absolute atomic E-state index is 13.5. The van der Waals surface area contributed by atoms with Crippen molar-refractivity contribution in [2.75, 3.05) is 6.54 Å². The monoisotopic (exact) mass is 271 g/mol. The summed E-state index contributed by atoms with van der Waals surface area (Å²) < 4.78 is 39.8. The number of carbonyl (C=O) groups is 1. The van der Waals surface area contributed by atoms with Crippen LogP contribution in [0.4, 0.5) is 13.2 Å². The summed E-state index contributed by atoms with van der Waals surface area (Å²) in [7, 11) is 0. The predicted octanol–water partition coefficient (Wildman–Crippen LogP) is 3.05. The first-order valence-electron chi connectivity index (χ1n) is 6.42. The summed E-state index contributed by atoms with van der Waals surface area (Å²) in [5.41, 5.74) is -0.357. The van der Waals surface area contributed by atoms with E-state index in [2.05, 4.69) is 0 Å². The number of hydrogen-bond acceptors (Lipinski definition) is 1. The molecule has 19 heavy (non-hydrogen) atoms. The van der Waals surface area contributed by atoms with Crippen molar-refractivity contribution < 1.29 is 18.0 Å². The zero-order valence-electron chi connectivity index (χ0n) is 10.8. The first-order chi connectivity index (χ1) is 8.99. The minimum atomic E-state index is -1.00. The number of likely N-dealkylation sites (tertiary alicyclic amines) is 1. The Hall–Kier alpha value is -1.52. The average Bonchev–Trinajstić information content (AvgIpc) is 2.34. The van der Waals surface area contributed by atoms with Crippen molar-refractivity contribution in [3.8, 4) is 0 Å². The van der Waals surface area contributed by atoms with Crippen LogP contribution in [0.2, 0.25) is 0 Å². The Morgan fingerprint density at radius 2 is 1.89 bits per heavy atom. The van der Waals surface area contributed by atoms with Crippen LogP contribution in [-0.4, -0.2) is 23.4 Å². The van der Waals surface area contributed by atoms with Crippen molar-refractivity contribution in [3.05, 3.63) is 35.1 Å². The summed E-state index contributed by atoms with van der Waals surface area (Å²) in [5.74, 6) is -3.29. The van der Waals surface area contributed by atoms with Crippen molar-refractivity contribution in [3.63, 3.8) is 0 Å². The molecule has 1 aromatic rings. The van der Waals surface area contributed by atoms with Crippen molar-refractivity contribution >= 4 is 5.91 Å². The van der Waals surface area contributed by atoms with Crippen LogP contribution in [0.25, 0.3) is 0 Å². The van der Waals surface area contributed by atoms with E-state index in [4.69, 9.17) is 0 Å². The molecule has 1 aliphatic rings. The second kappa shape index (κ2) is 5.63. The summed E-state index contributed by atoms with van der Waals surface area (Å²) in [5, 5.41) is 0. The quantitative estimate of drug-likeness (QED) is 0.809. The largest absolute Gasteiger partial charge is 0.340 e. The molecule has 1 amide bonds. The van der Waals surface area contributed by atoms with Crippen LogP contribution in [-0.2, 0) is 11.2 Å². The standard InChI is InChI=1S/C14H16F3NO/c1-9-4-2-3-5-18(9)14(19)8-11-12(16)6-10(15)7-13(11)17/h6-7,9H,2-5,8H2,1H3. The summed E-state index contributed by atoms with van der Waals surface area (Å²) in [6.07, 6.45) is 2.51. The molecule has 0 aromatic heterocycles. The lowest BCUT2D eigenvalue weighted by Crippen LogP contribution is -2.43. The van der Waals surface area contributed by atoms with Crippen molar-refractivity contribution in [1.82, 2.24) is 4.90 Å². The molecule has 0 saturated carbocycles. The van der Waals surface area contributed by atoms with Crippen molar-refractivity contribution in [2.24, 2.45) is 0 Å². The number of piperidine rings is 1. The molecule has 1 aliphatic heterocycles. The Kier molecular flexibility index (Phi) is 4.12. The molecule has 1 fully saturated rings. The third kappa shape index (κ3) is 3.08. The van der Waals surface area contributed by atoms with Gasteiger partial charge in [0.05, 0.1) is 6.42 Å². The highest BCUT2D eigenvalue weighted by molar-refractivity contribution is 5.79. The number of carbonyl (C=O) groups excluding carboxylic acids is 1. The Bertz CT molecular complexity index is 467. The second-order valence-electron chi connectivity index (χ2n) is 4.96. The van der Waals surface area contributed by atoms with E-state index in [-0.39, 0.29) is 23.9 Å².